The maximum Gasteiger partial charge on any atom is 0.282 e. The average molecular weight is 333 g/mol. The number of aromatic nitrogens is 2. The molecule has 2 bridgehead atoms. The molecule has 0 aliphatic carbocycles. The molecule has 2 aliphatic heterocycles. The Hall–Kier alpha value is -1.33. The van der Waals surface area contributed by atoms with Crippen molar-refractivity contribution in [1.82, 2.24) is 14.9 Å². The van der Waals surface area contributed by atoms with Gasteiger partial charge >= 0.3 is 0 Å². The average Bonchev–Trinajstić information content (AvgIpc) is 2.53. The molecule has 23 heavy (non-hydrogen) atoms. The van der Waals surface area contributed by atoms with E-state index in [1.54, 1.807) is 4.57 Å². The van der Waals surface area contributed by atoms with Crippen molar-refractivity contribution >= 4 is 24.8 Å². The van der Waals surface area contributed by atoms with Gasteiger partial charge in [0.2, 0.25) is 8.38 Å². The summed E-state index contributed by atoms with van der Waals surface area (Å²) in [6.45, 7) is 0. The number of piperidine rings is 2. The van der Waals surface area contributed by atoms with Crippen molar-refractivity contribution in [1.29, 1.82) is 0 Å². The molecule has 1 aromatic carbocycles. The van der Waals surface area contributed by atoms with Crippen LogP contribution < -0.4 is 16.3 Å². The molecule has 0 saturated carbocycles. The monoisotopic (exact) mass is 333 g/mol. The van der Waals surface area contributed by atoms with Crippen molar-refractivity contribution in [3.8, 4) is 0 Å². The van der Waals surface area contributed by atoms with Crippen molar-refractivity contribution in [2.24, 2.45) is 0 Å². The topological polar surface area (TPSA) is 87.4 Å². The lowest BCUT2D eigenvalue weighted by Crippen LogP contribution is -2.51. The zero-order valence-corrected chi connectivity index (χ0v) is 13.6. The summed E-state index contributed by atoms with van der Waals surface area (Å²) < 4.78 is 1.76. The number of benzene rings is 1. The van der Waals surface area contributed by atoms with E-state index in [0.29, 0.717) is 17.6 Å². The Morgan fingerprint density at radius 3 is 2.57 bits per heavy atom. The molecule has 1 aromatic heterocycles. The van der Waals surface area contributed by atoms with Crippen LogP contribution in [0.3, 0.4) is 0 Å². The molecule has 7 heteroatoms. The number of rotatable bonds is 2. The molecule has 3 N–H and O–H groups in total. The Bertz CT molecular complexity index is 780. The Kier molecular flexibility index (Phi) is 3.93. The number of nitrogens with zero attached hydrogens (tertiary/aromatic N) is 2. The lowest BCUT2D eigenvalue weighted by atomic mass is 9.84. The molecule has 0 spiro atoms. The van der Waals surface area contributed by atoms with Crippen LogP contribution >= 0.6 is 8.38 Å². The summed E-state index contributed by atoms with van der Waals surface area (Å²) in [6, 6.07) is 8.42. The van der Waals surface area contributed by atoms with Crippen LogP contribution in [-0.4, -0.2) is 31.4 Å². The molecule has 0 amide bonds. The van der Waals surface area contributed by atoms with Gasteiger partial charge in [0.05, 0.1) is 11.0 Å². The van der Waals surface area contributed by atoms with Crippen molar-refractivity contribution in [2.45, 2.75) is 50.2 Å². The van der Waals surface area contributed by atoms with Gasteiger partial charge in [-0.1, -0.05) is 18.6 Å². The van der Waals surface area contributed by atoms with E-state index in [9.17, 15) is 14.6 Å². The number of hydrogen-bond donors (Lipinski definition) is 3. The second-order valence-corrected chi connectivity index (χ2v) is 7.51. The van der Waals surface area contributed by atoms with Crippen LogP contribution in [-0.2, 0) is 0 Å². The van der Waals surface area contributed by atoms with E-state index in [1.807, 2.05) is 24.3 Å². The molecular formula is C16H20N3O3P. The predicted molar refractivity (Wildman–Crippen MR) is 89.8 cm³/mol. The van der Waals surface area contributed by atoms with Gasteiger partial charge in [0.15, 0.2) is 5.44 Å². The fraction of sp³-hybridized carbons (Fsp3) is 0.500. The number of fused-ring (bicyclic) bond motifs is 3. The molecule has 122 valence electrons. The molecule has 3 heterocycles. The zero-order valence-electron chi connectivity index (χ0n) is 12.7. The van der Waals surface area contributed by atoms with Gasteiger partial charge in [-0.2, -0.15) is 0 Å². The van der Waals surface area contributed by atoms with Crippen LogP contribution in [0.15, 0.2) is 29.1 Å². The first-order valence-electron chi connectivity index (χ1n) is 8.08. The summed E-state index contributed by atoms with van der Waals surface area (Å²) in [5.41, 5.74) is 0.941. The third kappa shape index (κ3) is 2.70. The van der Waals surface area contributed by atoms with Gasteiger partial charge in [-0.3, -0.25) is 4.79 Å². The van der Waals surface area contributed by atoms with Gasteiger partial charge in [-0.15, -0.1) is 0 Å². The molecule has 2 atom stereocenters. The van der Waals surface area contributed by atoms with E-state index in [1.165, 1.54) is 6.42 Å². The predicted octanol–water partition coefficient (Wildman–Crippen LogP) is 1.16. The van der Waals surface area contributed by atoms with Crippen molar-refractivity contribution in [3.05, 3.63) is 34.6 Å². The molecule has 6 nitrogen and oxygen atoms in total. The number of para-hydroxylation sites is 2. The van der Waals surface area contributed by atoms with Crippen molar-refractivity contribution in [2.75, 3.05) is 0 Å². The van der Waals surface area contributed by atoms with Crippen LogP contribution in [0.25, 0.3) is 11.0 Å². The van der Waals surface area contributed by atoms with Gasteiger partial charge in [-0.05, 0) is 37.8 Å². The minimum absolute atomic E-state index is 0.0839. The molecule has 4 rings (SSSR count). The summed E-state index contributed by atoms with van der Waals surface area (Å²) in [5.74, 6) is 0. The summed E-state index contributed by atoms with van der Waals surface area (Å²) in [5, 5.41) is 3.63. The molecule has 2 fully saturated rings. The van der Waals surface area contributed by atoms with Crippen LogP contribution in [0.5, 0.6) is 0 Å². The Morgan fingerprint density at radius 2 is 1.87 bits per heavy atom. The van der Waals surface area contributed by atoms with E-state index >= 15 is 0 Å². The summed E-state index contributed by atoms with van der Waals surface area (Å²) in [6.07, 6.45) is 5.33. The van der Waals surface area contributed by atoms with Crippen molar-refractivity contribution < 1.29 is 9.79 Å². The lowest BCUT2D eigenvalue weighted by Gasteiger charge is -2.41. The maximum atomic E-state index is 12.8. The van der Waals surface area contributed by atoms with E-state index in [2.05, 4.69) is 10.3 Å². The van der Waals surface area contributed by atoms with Gasteiger partial charge in [0, 0.05) is 18.1 Å². The maximum absolute atomic E-state index is 12.8. The molecule has 2 unspecified atom stereocenters. The first kappa shape index (κ1) is 15.2. The van der Waals surface area contributed by atoms with E-state index < -0.39 is 8.38 Å². The van der Waals surface area contributed by atoms with Crippen LogP contribution in [0.2, 0.25) is 0 Å². The quantitative estimate of drug-likeness (QED) is 0.718. The third-order valence-electron chi connectivity index (χ3n) is 5.02. The molecule has 0 radical (unpaired) electrons. The van der Waals surface area contributed by atoms with Gasteiger partial charge < -0.3 is 19.7 Å². The molecule has 2 aliphatic rings. The Labute approximate surface area is 135 Å². The van der Waals surface area contributed by atoms with Crippen LogP contribution in [0.4, 0.5) is 0 Å². The summed E-state index contributed by atoms with van der Waals surface area (Å²) in [4.78, 5) is 36.2. The fourth-order valence-electron chi connectivity index (χ4n) is 4.08. The van der Waals surface area contributed by atoms with Gasteiger partial charge in [0.25, 0.3) is 5.56 Å². The lowest BCUT2D eigenvalue weighted by molar-refractivity contribution is 0.189. The highest BCUT2D eigenvalue weighted by atomic mass is 31.2. The third-order valence-corrected chi connectivity index (χ3v) is 5.69. The normalized spacial score (nSPS) is 27.5. The largest absolute Gasteiger partial charge is 0.345 e. The summed E-state index contributed by atoms with van der Waals surface area (Å²) >= 11 is 0. The molecular weight excluding hydrogens is 313 g/mol. The fourth-order valence-corrected chi connectivity index (χ4v) is 4.56. The smallest absolute Gasteiger partial charge is 0.282 e. The summed E-state index contributed by atoms with van der Waals surface area (Å²) in [7, 11) is -2.50. The zero-order chi connectivity index (χ0) is 16.0. The first-order chi connectivity index (χ1) is 11.1. The minimum Gasteiger partial charge on any atom is -0.345 e. The van der Waals surface area contributed by atoms with Crippen molar-refractivity contribution in [3.63, 3.8) is 0 Å². The van der Waals surface area contributed by atoms with Gasteiger partial charge in [0.1, 0.15) is 0 Å². The molecule has 2 aromatic rings. The molecule has 2 saturated heterocycles. The SMILES string of the molecule is O=c1c(P(O)O)nc2ccccc2n1C1CC2CCCC(C1)N2. The standard InChI is InChI=1S/C16H20N3O3P/c20-16-15(23(21)22)18-13-6-1-2-7-14(13)19(16)12-8-10-4-3-5-11(9-12)17-10/h1-2,6-7,10-12,17,21-22H,3-5,8-9H2. The highest BCUT2D eigenvalue weighted by Crippen LogP contribution is 2.33. The second-order valence-electron chi connectivity index (χ2n) is 6.51. The first-order valence-corrected chi connectivity index (χ1v) is 9.33. The van der Waals surface area contributed by atoms with E-state index in [0.717, 1.165) is 31.2 Å². The highest BCUT2D eigenvalue weighted by Gasteiger charge is 2.33. The van der Waals surface area contributed by atoms with Crippen LogP contribution in [0, 0.1) is 0 Å². The highest BCUT2D eigenvalue weighted by molar-refractivity contribution is 7.53. The van der Waals surface area contributed by atoms with E-state index in [4.69, 9.17) is 0 Å². The van der Waals surface area contributed by atoms with Crippen LogP contribution in [0.1, 0.15) is 38.1 Å². The van der Waals surface area contributed by atoms with Gasteiger partial charge in [-0.25, -0.2) is 4.98 Å². The minimum atomic E-state index is -2.50. The Morgan fingerprint density at radius 1 is 1.17 bits per heavy atom. The number of hydrogen-bond acceptors (Lipinski definition) is 5. The van der Waals surface area contributed by atoms with E-state index in [-0.39, 0.29) is 17.0 Å². The Balaban J connectivity index is 1.88. The number of nitrogens with one attached hydrogen (secondary N) is 1. The second kappa shape index (κ2) is 5.95.